The first-order chi connectivity index (χ1) is 10.9. The Bertz CT molecular complexity index is 769. The Morgan fingerprint density at radius 2 is 1.74 bits per heavy atom. The minimum absolute atomic E-state index is 0.0124. The van der Waals surface area contributed by atoms with Gasteiger partial charge in [-0.25, -0.2) is 13.4 Å². The maximum atomic E-state index is 11.7. The number of rotatable bonds is 7. The van der Waals surface area contributed by atoms with Crippen LogP contribution in [-0.4, -0.2) is 24.9 Å². The van der Waals surface area contributed by atoms with Crippen LogP contribution in [0.4, 0.5) is 17.2 Å². The van der Waals surface area contributed by atoms with Gasteiger partial charge < -0.3 is 5.32 Å². The molecule has 6 nitrogen and oxygen atoms in total. The molecule has 0 fully saturated rings. The number of benzene rings is 1. The van der Waals surface area contributed by atoms with Crippen LogP contribution in [0.2, 0.25) is 0 Å². The number of carbonyl (C=O) groups excluding carboxylic acids is 1. The number of aromatic nitrogens is 1. The maximum Gasteiger partial charge on any atom is 0.232 e. The summed E-state index contributed by atoms with van der Waals surface area (Å²) in [7, 11) is -3.31. The minimum Gasteiger partial charge on any atom is -0.340 e. The van der Waals surface area contributed by atoms with Gasteiger partial charge in [0.1, 0.15) is 5.82 Å². The Hall–Kier alpha value is -2.41. The molecule has 0 bridgehead atoms. The lowest BCUT2D eigenvalue weighted by Gasteiger charge is -2.09. The second-order valence-electron chi connectivity index (χ2n) is 5.11. The third-order valence-electron chi connectivity index (χ3n) is 3.07. The second-order valence-corrected chi connectivity index (χ2v) is 6.95. The SMILES string of the molecule is CCCS(=O)(=O)Nc1ccc(Nc2ccc(C(C)=O)cc2)nc1. The third-order valence-corrected chi connectivity index (χ3v) is 4.57. The number of nitrogens with one attached hydrogen (secondary N) is 2. The van der Waals surface area contributed by atoms with E-state index in [-0.39, 0.29) is 11.5 Å². The maximum absolute atomic E-state index is 11.7. The molecule has 1 aromatic carbocycles. The molecule has 1 aromatic heterocycles. The van der Waals surface area contributed by atoms with Crippen molar-refractivity contribution in [3.8, 4) is 0 Å². The summed E-state index contributed by atoms with van der Waals surface area (Å²) in [5.41, 5.74) is 1.86. The highest BCUT2D eigenvalue weighted by atomic mass is 32.2. The van der Waals surface area contributed by atoms with Crippen LogP contribution in [-0.2, 0) is 10.0 Å². The third kappa shape index (κ3) is 5.07. The summed E-state index contributed by atoms with van der Waals surface area (Å²) in [6, 6.07) is 10.4. The monoisotopic (exact) mass is 333 g/mol. The summed E-state index contributed by atoms with van der Waals surface area (Å²) in [6.45, 7) is 3.32. The highest BCUT2D eigenvalue weighted by Gasteiger charge is 2.08. The lowest BCUT2D eigenvalue weighted by Crippen LogP contribution is -2.16. The van der Waals surface area contributed by atoms with Crippen LogP contribution in [0, 0.1) is 0 Å². The standard InChI is InChI=1S/C16H19N3O3S/c1-3-10-23(21,22)19-15-8-9-16(17-11-15)18-14-6-4-13(5-7-14)12(2)20/h4-9,11,19H,3,10H2,1-2H3,(H,17,18). The van der Waals surface area contributed by atoms with Gasteiger partial charge >= 0.3 is 0 Å². The van der Waals surface area contributed by atoms with Crippen molar-refractivity contribution in [3.05, 3.63) is 48.2 Å². The molecule has 0 radical (unpaired) electrons. The zero-order valence-corrected chi connectivity index (χ0v) is 13.9. The van der Waals surface area contributed by atoms with Crippen molar-refractivity contribution in [2.24, 2.45) is 0 Å². The molecule has 0 atom stereocenters. The number of anilines is 3. The second kappa shape index (κ2) is 7.23. The van der Waals surface area contributed by atoms with Crippen molar-refractivity contribution < 1.29 is 13.2 Å². The fourth-order valence-corrected chi connectivity index (χ4v) is 3.08. The largest absolute Gasteiger partial charge is 0.340 e. The molecule has 2 aromatic rings. The number of carbonyl (C=O) groups is 1. The van der Waals surface area contributed by atoms with Crippen LogP contribution < -0.4 is 10.0 Å². The van der Waals surface area contributed by atoms with Gasteiger partial charge in [-0.1, -0.05) is 6.92 Å². The van der Waals surface area contributed by atoms with Crippen molar-refractivity contribution in [3.63, 3.8) is 0 Å². The van der Waals surface area contributed by atoms with E-state index < -0.39 is 10.0 Å². The van der Waals surface area contributed by atoms with Crippen LogP contribution in [0.25, 0.3) is 0 Å². The van der Waals surface area contributed by atoms with Gasteiger partial charge in [-0.15, -0.1) is 0 Å². The highest BCUT2D eigenvalue weighted by molar-refractivity contribution is 7.92. The number of nitrogens with zero attached hydrogens (tertiary/aromatic N) is 1. The normalized spacial score (nSPS) is 11.0. The average molecular weight is 333 g/mol. The zero-order valence-electron chi connectivity index (χ0n) is 13.0. The van der Waals surface area contributed by atoms with Crippen molar-refractivity contribution in [1.82, 2.24) is 4.98 Å². The number of ketones is 1. The van der Waals surface area contributed by atoms with Crippen LogP contribution in [0.15, 0.2) is 42.6 Å². The predicted molar refractivity (Wildman–Crippen MR) is 91.7 cm³/mol. The first-order valence-corrected chi connectivity index (χ1v) is 8.89. The van der Waals surface area contributed by atoms with Gasteiger partial charge in [-0.2, -0.15) is 0 Å². The van der Waals surface area contributed by atoms with E-state index in [1.54, 1.807) is 36.4 Å². The number of Topliss-reactive ketones (excluding diaryl/α,β-unsaturated/α-hetero) is 1. The molecule has 23 heavy (non-hydrogen) atoms. The van der Waals surface area contributed by atoms with E-state index in [4.69, 9.17) is 0 Å². The summed E-state index contributed by atoms with van der Waals surface area (Å²) in [6.07, 6.45) is 2.01. The summed E-state index contributed by atoms with van der Waals surface area (Å²) in [5.74, 6) is 0.674. The van der Waals surface area contributed by atoms with Crippen molar-refractivity contribution in [2.75, 3.05) is 15.8 Å². The Morgan fingerprint density at radius 3 is 2.26 bits per heavy atom. The predicted octanol–water partition coefficient (Wildman–Crippen LogP) is 3.18. The van der Waals surface area contributed by atoms with Gasteiger partial charge in [0.05, 0.1) is 17.6 Å². The summed E-state index contributed by atoms with van der Waals surface area (Å²) in [5, 5.41) is 3.09. The molecule has 0 unspecified atom stereocenters. The molecule has 122 valence electrons. The van der Waals surface area contributed by atoms with Crippen molar-refractivity contribution >= 4 is 33.0 Å². The van der Waals surface area contributed by atoms with E-state index in [1.165, 1.54) is 13.1 Å². The zero-order chi connectivity index (χ0) is 16.9. The van der Waals surface area contributed by atoms with E-state index in [2.05, 4.69) is 15.0 Å². The van der Waals surface area contributed by atoms with Crippen LogP contribution in [0.5, 0.6) is 0 Å². The first-order valence-electron chi connectivity index (χ1n) is 7.24. The molecule has 0 aliphatic carbocycles. The number of hydrogen-bond acceptors (Lipinski definition) is 5. The summed E-state index contributed by atoms with van der Waals surface area (Å²) < 4.78 is 25.8. The average Bonchev–Trinajstić information content (AvgIpc) is 2.49. The number of pyridine rings is 1. The van der Waals surface area contributed by atoms with Crippen LogP contribution in [0.1, 0.15) is 30.6 Å². The number of hydrogen-bond donors (Lipinski definition) is 2. The molecule has 0 saturated carbocycles. The molecular weight excluding hydrogens is 314 g/mol. The molecule has 2 rings (SSSR count). The van der Waals surface area contributed by atoms with E-state index >= 15 is 0 Å². The van der Waals surface area contributed by atoms with Gasteiger partial charge in [-0.3, -0.25) is 9.52 Å². The van der Waals surface area contributed by atoms with Gasteiger partial charge in [0.2, 0.25) is 10.0 Å². The first kappa shape index (κ1) is 17.0. The Morgan fingerprint density at radius 1 is 1.09 bits per heavy atom. The fraction of sp³-hybridized carbons (Fsp3) is 0.250. The molecule has 0 spiro atoms. The molecule has 0 amide bonds. The quantitative estimate of drug-likeness (QED) is 0.760. The lowest BCUT2D eigenvalue weighted by atomic mass is 10.1. The van der Waals surface area contributed by atoms with E-state index in [0.29, 0.717) is 23.5 Å². The Kier molecular flexibility index (Phi) is 5.33. The topological polar surface area (TPSA) is 88.2 Å². The molecule has 0 saturated heterocycles. The van der Waals surface area contributed by atoms with Crippen LogP contribution in [0.3, 0.4) is 0 Å². The van der Waals surface area contributed by atoms with Crippen LogP contribution >= 0.6 is 0 Å². The van der Waals surface area contributed by atoms with Crippen molar-refractivity contribution in [1.29, 1.82) is 0 Å². The lowest BCUT2D eigenvalue weighted by molar-refractivity contribution is 0.101. The molecule has 2 N–H and O–H groups in total. The molecule has 7 heteroatoms. The smallest absolute Gasteiger partial charge is 0.232 e. The fourth-order valence-electron chi connectivity index (χ4n) is 1.96. The van der Waals surface area contributed by atoms with Crippen molar-refractivity contribution in [2.45, 2.75) is 20.3 Å². The molecule has 0 aliphatic rings. The Labute approximate surface area is 136 Å². The summed E-state index contributed by atoms with van der Waals surface area (Å²) in [4.78, 5) is 15.4. The minimum atomic E-state index is -3.31. The molecule has 1 heterocycles. The van der Waals surface area contributed by atoms with E-state index in [0.717, 1.165) is 5.69 Å². The Balaban J connectivity index is 2.03. The van der Waals surface area contributed by atoms with E-state index in [1.807, 2.05) is 6.92 Å². The highest BCUT2D eigenvalue weighted by Crippen LogP contribution is 2.17. The summed E-state index contributed by atoms with van der Waals surface area (Å²) >= 11 is 0. The molecular formula is C16H19N3O3S. The van der Waals surface area contributed by atoms with Gasteiger partial charge in [0.25, 0.3) is 0 Å². The molecule has 0 aliphatic heterocycles. The number of sulfonamides is 1. The van der Waals surface area contributed by atoms with Gasteiger partial charge in [0.15, 0.2) is 5.78 Å². The van der Waals surface area contributed by atoms with Gasteiger partial charge in [0, 0.05) is 11.3 Å². The van der Waals surface area contributed by atoms with Gasteiger partial charge in [-0.05, 0) is 49.7 Å². The van der Waals surface area contributed by atoms with E-state index in [9.17, 15) is 13.2 Å².